The van der Waals surface area contributed by atoms with Crippen LogP contribution < -0.4 is 5.32 Å². The molecule has 0 saturated heterocycles. The van der Waals surface area contributed by atoms with Crippen LogP contribution in [0, 0.1) is 5.92 Å². The molecule has 0 heterocycles. The molecule has 1 saturated carbocycles. The molecular formula is C14H29NO2S. The van der Waals surface area contributed by atoms with Gasteiger partial charge in [-0.2, -0.15) is 0 Å². The molecule has 0 aromatic rings. The van der Waals surface area contributed by atoms with Crippen molar-refractivity contribution in [3.8, 4) is 0 Å². The lowest BCUT2D eigenvalue weighted by atomic mass is 10.1. The van der Waals surface area contributed by atoms with Crippen LogP contribution in [0.2, 0.25) is 0 Å². The molecule has 0 aliphatic heterocycles. The summed E-state index contributed by atoms with van der Waals surface area (Å²) >= 11 is 0. The molecule has 2 atom stereocenters. The molecule has 0 radical (unpaired) electrons. The molecule has 0 amide bonds. The van der Waals surface area contributed by atoms with E-state index in [1.54, 1.807) is 0 Å². The van der Waals surface area contributed by atoms with Gasteiger partial charge in [0.05, 0.1) is 11.0 Å². The molecule has 1 aliphatic rings. The van der Waals surface area contributed by atoms with Gasteiger partial charge in [0.15, 0.2) is 9.84 Å². The predicted molar refractivity (Wildman–Crippen MR) is 77.6 cm³/mol. The summed E-state index contributed by atoms with van der Waals surface area (Å²) in [6, 6.07) is 0.177. The summed E-state index contributed by atoms with van der Waals surface area (Å²) in [4.78, 5) is 0. The largest absolute Gasteiger partial charge is 0.313 e. The molecule has 18 heavy (non-hydrogen) atoms. The minimum atomic E-state index is -2.95. The predicted octanol–water partition coefficient (Wildman–Crippen LogP) is 2.76. The van der Waals surface area contributed by atoms with E-state index in [1.165, 1.54) is 6.42 Å². The van der Waals surface area contributed by atoms with E-state index >= 15 is 0 Å². The molecule has 0 bridgehead atoms. The first-order valence-electron chi connectivity index (χ1n) is 7.42. The maximum atomic E-state index is 12.5. The summed E-state index contributed by atoms with van der Waals surface area (Å²) in [7, 11) is -2.95. The van der Waals surface area contributed by atoms with Crippen molar-refractivity contribution in [2.24, 2.45) is 5.92 Å². The molecule has 108 valence electrons. The quantitative estimate of drug-likeness (QED) is 0.758. The minimum absolute atomic E-state index is 0.158. The van der Waals surface area contributed by atoms with Crippen molar-refractivity contribution in [2.45, 2.75) is 70.6 Å². The van der Waals surface area contributed by atoms with E-state index in [4.69, 9.17) is 0 Å². The second kappa shape index (κ2) is 7.49. The van der Waals surface area contributed by atoms with Gasteiger partial charge in [-0.25, -0.2) is 8.42 Å². The van der Waals surface area contributed by atoms with Crippen molar-refractivity contribution in [1.82, 2.24) is 5.32 Å². The number of hydrogen-bond donors (Lipinski definition) is 1. The minimum Gasteiger partial charge on any atom is -0.313 e. The van der Waals surface area contributed by atoms with Crippen LogP contribution in [-0.4, -0.2) is 32.0 Å². The molecule has 3 nitrogen and oxygen atoms in total. The van der Waals surface area contributed by atoms with E-state index in [0.717, 1.165) is 38.6 Å². The van der Waals surface area contributed by atoms with E-state index < -0.39 is 9.84 Å². The molecule has 4 heteroatoms. The summed E-state index contributed by atoms with van der Waals surface area (Å²) in [6.07, 6.45) is 6.32. The smallest absolute Gasteiger partial charge is 0.154 e. The number of sulfone groups is 1. The zero-order chi connectivity index (χ0) is 13.6. The topological polar surface area (TPSA) is 46.2 Å². The number of nitrogens with one attached hydrogen (secondary N) is 1. The SMILES string of the molecule is CCCNC1CCCCCC1S(=O)(=O)CC(C)C. The van der Waals surface area contributed by atoms with Gasteiger partial charge in [0.1, 0.15) is 0 Å². The molecule has 1 fully saturated rings. The van der Waals surface area contributed by atoms with Crippen molar-refractivity contribution < 1.29 is 8.42 Å². The monoisotopic (exact) mass is 275 g/mol. The highest BCUT2D eigenvalue weighted by Gasteiger charge is 2.34. The molecule has 1 aliphatic carbocycles. The fraction of sp³-hybridized carbons (Fsp3) is 1.00. The lowest BCUT2D eigenvalue weighted by Gasteiger charge is -2.26. The third-order valence-electron chi connectivity index (χ3n) is 3.64. The maximum absolute atomic E-state index is 12.5. The van der Waals surface area contributed by atoms with Crippen molar-refractivity contribution >= 4 is 9.84 Å². The highest BCUT2D eigenvalue weighted by Crippen LogP contribution is 2.25. The maximum Gasteiger partial charge on any atom is 0.154 e. The van der Waals surface area contributed by atoms with Gasteiger partial charge in [-0.1, -0.05) is 40.0 Å². The zero-order valence-corrected chi connectivity index (χ0v) is 12.9. The van der Waals surface area contributed by atoms with Gasteiger partial charge < -0.3 is 5.32 Å². The average Bonchev–Trinajstić information content (AvgIpc) is 2.49. The summed E-state index contributed by atoms with van der Waals surface area (Å²) < 4.78 is 25.0. The third-order valence-corrected chi connectivity index (χ3v) is 6.25. The van der Waals surface area contributed by atoms with E-state index in [1.807, 2.05) is 13.8 Å². The third kappa shape index (κ3) is 4.88. The summed E-state index contributed by atoms with van der Waals surface area (Å²) in [5, 5.41) is 3.30. The van der Waals surface area contributed by atoms with Crippen LogP contribution in [-0.2, 0) is 9.84 Å². The van der Waals surface area contributed by atoms with Crippen LogP contribution in [0.15, 0.2) is 0 Å². The van der Waals surface area contributed by atoms with E-state index in [9.17, 15) is 8.42 Å². The summed E-state index contributed by atoms with van der Waals surface area (Å²) in [6.45, 7) is 7.03. The van der Waals surface area contributed by atoms with Crippen LogP contribution in [0.1, 0.15) is 59.3 Å². The lowest BCUT2D eigenvalue weighted by Crippen LogP contribution is -2.45. The van der Waals surface area contributed by atoms with Crippen LogP contribution in [0.3, 0.4) is 0 Å². The van der Waals surface area contributed by atoms with Crippen molar-refractivity contribution in [1.29, 1.82) is 0 Å². The Labute approximate surface area is 113 Å². The van der Waals surface area contributed by atoms with Gasteiger partial charge >= 0.3 is 0 Å². The van der Waals surface area contributed by atoms with Gasteiger partial charge in [0.2, 0.25) is 0 Å². The first-order valence-corrected chi connectivity index (χ1v) is 9.14. The van der Waals surface area contributed by atoms with E-state index in [0.29, 0.717) is 5.75 Å². The standard InChI is InChI=1S/C14H29NO2S/c1-4-10-15-13-8-6-5-7-9-14(13)18(16,17)11-12(2)3/h12-15H,4-11H2,1-3H3. The highest BCUT2D eigenvalue weighted by atomic mass is 32.2. The highest BCUT2D eigenvalue weighted by molar-refractivity contribution is 7.92. The first kappa shape index (κ1) is 16.0. The van der Waals surface area contributed by atoms with Crippen molar-refractivity contribution in [2.75, 3.05) is 12.3 Å². The van der Waals surface area contributed by atoms with Gasteiger partial charge in [0, 0.05) is 6.04 Å². The Morgan fingerprint density at radius 1 is 1.17 bits per heavy atom. The van der Waals surface area contributed by atoms with Crippen LogP contribution in [0.4, 0.5) is 0 Å². The first-order chi connectivity index (χ1) is 8.47. The normalized spacial score (nSPS) is 26.2. The Morgan fingerprint density at radius 2 is 1.83 bits per heavy atom. The summed E-state index contributed by atoms with van der Waals surface area (Å²) in [5.41, 5.74) is 0. The van der Waals surface area contributed by atoms with E-state index in [-0.39, 0.29) is 17.2 Å². The molecular weight excluding hydrogens is 246 g/mol. The Hall–Kier alpha value is -0.0900. The number of rotatable bonds is 6. The molecule has 1 N–H and O–H groups in total. The Morgan fingerprint density at radius 3 is 2.44 bits per heavy atom. The molecule has 0 aromatic carbocycles. The summed E-state index contributed by atoms with van der Waals surface area (Å²) in [5.74, 6) is 0.562. The van der Waals surface area contributed by atoms with Crippen LogP contribution in [0.5, 0.6) is 0 Å². The lowest BCUT2D eigenvalue weighted by molar-refractivity contribution is 0.448. The van der Waals surface area contributed by atoms with Crippen molar-refractivity contribution in [3.05, 3.63) is 0 Å². The second-order valence-corrected chi connectivity index (χ2v) is 8.23. The molecule has 1 rings (SSSR count). The van der Waals surface area contributed by atoms with E-state index in [2.05, 4.69) is 12.2 Å². The number of hydrogen-bond acceptors (Lipinski definition) is 3. The average molecular weight is 275 g/mol. The Bertz CT molecular complexity index is 325. The van der Waals surface area contributed by atoms with Crippen LogP contribution >= 0.6 is 0 Å². The Kier molecular flexibility index (Phi) is 6.64. The Balaban J connectivity index is 2.77. The fourth-order valence-corrected chi connectivity index (χ4v) is 5.29. The van der Waals surface area contributed by atoms with Gasteiger partial charge in [-0.3, -0.25) is 0 Å². The van der Waals surface area contributed by atoms with Gasteiger partial charge in [0.25, 0.3) is 0 Å². The van der Waals surface area contributed by atoms with Crippen molar-refractivity contribution in [3.63, 3.8) is 0 Å². The van der Waals surface area contributed by atoms with Gasteiger partial charge in [-0.05, 0) is 31.7 Å². The molecule has 0 spiro atoms. The van der Waals surface area contributed by atoms with Crippen LogP contribution in [0.25, 0.3) is 0 Å². The van der Waals surface area contributed by atoms with Gasteiger partial charge in [-0.15, -0.1) is 0 Å². The fourth-order valence-electron chi connectivity index (χ4n) is 2.85. The molecule has 2 unspecified atom stereocenters. The second-order valence-electron chi connectivity index (χ2n) is 5.96. The zero-order valence-electron chi connectivity index (χ0n) is 12.1. The molecule has 0 aromatic heterocycles.